The fourth-order valence-corrected chi connectivity index (χ4v) is 16.7. The van der Waals surface area contributed by atoms with E-state index in [1.807, 2.05) is 44.8 Å². The van der Waals surface area contributed by atoms with E-state index in [0.717, 1.165) is 0 Å². The molecule has 6 fully saturated rings. The average Bonchev–Trinajstić information content (AvgIpc) is 1.71. The maximum absolute atomic E-state index is 17.8. The Labute approximate surface area is 503 Å². The fraction of sp³-hybridized carbons (Fsp3) is 0.875. The van der Waals surface area contributed by atoms with Crippen molar-refractivity contribution in [3.63, 3.8) is 0 Å². The Bertz CT molecular complexity index is 2440. The van der Waals surface area contributed by atoms with Crippen molar-refractivity contribution in [3.05, 3.63) is 23.8 Å². The first-order chi connectivity index (χ1) is 39.4. The molecule has 85 heavy (non-hydrogen) atoms. The van der Waals surface area contributed by atoms with Crippen LogP contribution in [0.5, 0.6) is 0 Å². The van der Waals surface area contributed by atoms with Crippen LogP contribution in [0.3, 0.4) is 0 Å². The quantitative estimate of drug-likeness (QED) is 0.0711. The molecular weight excluding hydrogens is 1100 g/mol. The number of aliphatic hydroxyl groups excluding tert-OH is 3. The molecule has 0 aromatic heterocycles. The number of hydrogen-bond acceptors (Lipinski definition) is 20. The molecule has 3 saturated heterocycles. The number of hydrogen-bond donors (Lipinski definition) is 6. The van der Waals surface area contributed by atoms with Gasteiger partial charge in [0.05, 0.1) is 60.3 Å². The van der Waals surface area contributed by atoms with Crippen molar-refractivity contribution in [1.29, 1.82) is 0 Å². The Morgan fingerprint density at radius 1 is 0.871 bits per heavy atom. The number of alkyl halides is 1. The van der Waals surface area contributed by atoms with Crippen LogP contribution in [0, 0.1) is 46.3 Å². The molecule has 7 rings (SSSR count). The zero-order chi connectivity index (χ0) is 63.5. The highest BCUT2D eigenvalue weighted by molar-refractivity contribution is 6.01. The summed E-state index contributed by atoms with van der Waals surface area (Å²) in [7, 11) is 7.00. The van der Waals surface area contributed by atoms with Crippen LogP contribution in [0.15, 0.2) is 23.8 Å². The van der Waals surface area contributed by atoms with Gasteiger partial charge < -0.3 is 78.3 Å². The molecule has 0 aromatic carbocycles. The Kier molecular flexibility index (Phi) is 21.3. The fourth-order valence-electron chi connectivity index (χ4n) is 16.7. The topological polar surface area (TPSA) is 270 Å². The Morgan fingerprint density at radius 2 is 1.54 bits per heavy atom. The van der Waals surface area contributed by atoms with E-state index >= 15 is 4.39 Å². The Balaban J connectivity index is 1.10. The normalized spacial score (nSPS) is 48.4. The SMILES string of the molecule is CC[C@H]1OC(=O)[C@H](C)[C@@H](O[C@@H]2C[C@](C)(OC)[C@H](O)C(C)O2)[C@H](C)[C@@H](O[C@@H]2O[C@H](C)C[C@@H](N(C)C)[C@H]2OC(=O)CCCCOC(=O)[C@@]2(O)[C@H](C)CC3C4CCC5=CC(=O)C=C[C@]5(C)[C@@]4(F)[C@@H](O)C[C@@]32C)[C@](C)(O)C[C@@H](C)CN(C)[C@H](C)[C@@H](O)[C@]1(C)O. The number of carbonyl (C=O) groups is 4. The molecule has 4 aliphatic carbocycles. The maximum Gasteiger partial charge on any atom is 0.338 e. The van der Waals surface area contributed by atoms with Crippen molar-refractivity contribution in [2.24, 2.45) is 46.3 Å². The Morgan fingerprint density at radius 3 is 2.18 bits per heavy atom. The van der Waals surface area contributed by atoms with Gasteiger partial charge in [-0.1, -0.05) is 46.3 Å². The van der Waals surface area contributed by atoms with Gasteiger partial charge in [-0.25, -0.2) is 9.18 Å². The van der Waals surface area contributed by atoms with Crippen molar-refractivity contribution in [2.75, 3.05) is 41.4 Å². The number of aliphatic hydroxyl groups is 6. The highest BCUT2D eigenvalue weighted by atomic mass is 19.1. The number of fused-ring (bicyclic) bond motifs is 5. The van der Waals surface area contributed by atoms with Gasteiger partial charge in [0.1, 0.15) is 23.9 Å². The number of unbranched alkanes of at least 4 members (excludes halogenated alkanes) is 1. The second kappa shape index (κ2) is 26.1. The van der Waals surface area contributed by atoms with Crippen LogP contribution in [0.2, 0.25) is 0 Å². The first-order valence-electron chi connectivity index (χ1n) is 31.3. The number of carbonyl (C=O) groups excluding carboxylic acids is 4. The molecule has 26 atom stereocenters. The standard InChI is InChI=1S/C64H105FN2O18/c1-18-47-62(13,76)52(71)39(7)67(16)33-34(2)30-60(11,75)54(37(5)50(38(6)55(73)82-47)84-49-32-61(12,78-17)53(72)40(8)81-49)85-56-51(45(66(14)15)28-36(4)80-56)83-48(70)21-19-20-26-79-57(74)64(77)35(3)27-44-43-23-22-41-29-42(68)24-25-58(41,9)63(43,65)46(69)31-59(44,64)10/h24-25,29,34-40,43-47,49-54,56,69,71-72,75-77H,18-23,26-28,30-33H2,1-17H3/t34-,35-,36-,37+,38-,39-,40?,43?,44?,45-,46+,47-,49-,50+,51-,52-,53-,54-,56+,58+,59+,60-,61+,62-,63+,64+/m1/s1. The highest BCUT2D eigenvalue weighted by Gasteiger charge is 2.76. The van der Waals surface area contributed by atoms with E-state index in [1.54, 1.807) is 75.3 Å². The lowest BCUT2D eigenvalue weighted by Crippen LogP contribution is -2.69. The van der Waals surface area contributed by atoms with E-state index in [-0.39, 0.29) is 63.3 Å². The second-order valence-corrected chi connectivity index (χ2v) is 28.4. The number of halogens is 1. The third kappa shape index (κ3) is 12.9. The highest BCUT2D eigenvalue weighted by Crippen LogP contribution is 2.71. The molecule has 0 spiro atoms. The third-order valence-corrected chi connectivity index (χ3v) is 22.0. The van der Waals surface area contributed by atoms with Gasteiger partial charge >= 0.3 is 17.9 Å². The minimum absolute atomic E-state index is 0.0493. The van der Waals surface area contributed by atoms with Gasteiger partial charge in [-0.3, -0.25) is 14.4 Å². The number of methoxy groups -OCH3 is 1. The van der Waals surface area contributed by atoms with Crippen LogP contribution in [-0.2, 0) is 57.1 Å². The molecule has 3 aliphatic heterocycles. The monoisotopic (exact) mass is 1210 g/mol. The summed E-state index contributed by atoms with van der Waals surface area (Å²) in [6.07, 6.45) is -5.63. The number of nitrogens with zero attached hydrogens (tertiary/aromatic N) is 2. The molecule has 7 aliphatic rings. The lowest BCUT2D eigenvalue weighted by Gasteiger charge is -2.62. The smallest absolute Gasteiger partial charge is 0.338 e. The number of allylic oxidation sites excluding steroid dienone is 4. The predicted molar refractivity (Wildman–Crippen MR) is 311 cm³/mol. The van der Waals surface area contributed by atoms with Crippen molar-refractivity contribution >= 4 is 23.7 Å². The number of esters is 3. The van der Waals surface area contributed by atoms with Gasteiger partial charge in [-0.2, -0.15) is 0 Å². The zero-order valence-electron chi connectivity index (χ0n) is 53.7. The van der Waals surface area contributed by atoms with Crippen molar-refractivity contribution in [2.45, 2.75) is 268 Å². The Hall–Kier alpha value is -3.03. The molecule has 0 amide bonds. The largest absolute Gasteiger partial charge is 0.464 e. The minimum Gasteiger partial charge on any atom is -0.464 e. The van der Waals surface area contributed by atoms with Crippen LogP contribution in [0.1, 0.15) is 161 Å². The number of likely N-dealkylation sites (N-methyl/N-ethyl adjacent to an activating group) is 2. The number of rotatable bonds is 14. The molecule has 3 heterocycles. The summed E-state index contributed by atoms with van der Waals surface area (Å²) in [5, 5.41) is 72.3. The van der Waals surface area contributed by atoms with Gasteiger partial charge in [0.15, 0.2) is 35.7 Å². The van der Waals surface area contributed by atoms with Gasteiger partial charge in [-0.15, -0.1) is 0 Å². The van der Waals surface area contributed by atoms with E-state index in [0.29, 0.717) is 37.8 Å². The molecule has 3 unspecified atom stereocenters. The van der Waals surface area contributed by atoms with Crippen LogP contribution in [-0.4, -0.2) is 213 Å². The van der Waals surface area contributed by atoms with E-state index in [9.17, 15) is 49.8 Å². The lowest BCUT2D eigenvalue weighted by atomic mass is 9.45. The molecule has 3 saturated carbocycles. The number of cyclic esters (lactones) is 1. The first-order valence-corrected chi connectivity index (χ1v) is 31.3. The lowest BCUT2D eigenvalue weighted by molar-refractivity contribution is -0.319. The molecular formula is C64H105FN2O18. The first kappa shape index (κ1) is 69.4. The van der Waals surface area contributed by atoms with Gasteiger partial charge in [0.25, 0.3) is 0 Å². The summed E-state index contributed by atoms with van der Waals surface area (Å²) < 4.78 is 68.8. The van der Waals surface area contributed by atoms with Crippen molar-refractivity contribution in [1.82, 2.24) is 9.80 Å². The number of ketones is 1. The second-order valence-electron chi connectivity index (χ2n) is 28.4. The molecule has 0 radical (unpaired) electrons. The zero-order valence-corrected chi connectivity index (χ0v) is 53.7. The minimum atomic E-state index is -2.13. The summed E-state index contributed by atoms with van der Waals surface area (Å²) in [5.74, 6) is -6.55. The van der Waals surface area contributed by atoms with E-state index in [4.69, 9.17) is 37.9 Å². The summed E-state index contributed by atoms with van der Waals surface area (Å²) >= 11 is 0. The van der Waals surface area contributed by atoms with E-state index in [2.05, 4.69) is 0 Å². The van der Waals surface area contributed by atoms with E-state index in [1.165, 1.54) is 26.2 Å². The van der Waals surface area contributed by atoms with Gasteiger partial charge in [-0.05, 0) is 164 Å². The molecule has 20 nitrogen and oxygen atoms in total. The molecule has 21 heteroatoms. The maximum atomic E-state index is 17.8. The van der Waals surface area contributed by atoms with Crippen LogP contribution in [0.25, 0.3) is 0 Å². The summed E-state index contributed by atoms with van der Waals surface area (Å²) in [4.78, 5) is 59.2. The van der Waals surface area contributed by atoms with Crippen molar-refractivity contribution < 1.29 is 92.1 Å². The third-order valence-electron chi connectivity index (χ3n) is 22.0. The van der Waals surface area contributed by atoms with Crippen LogP contribution < -0.4 is 0 Å². The van der Waals surface area contributed by atoms with Gasteiger partial charge in [0.2, 0.25) is 0 Å². The van der Waals surface area contributed by atoms with E-state index < -0.39 is 166 Å². The average molecular weight is 1210 g/mol. The predicted octanol–water partition coefficient (Wildman–Crippen LogP) is 5.51. The summed E-state index contributed by atoms with van der Waals surface area (Å²) in [6, 6.07) is -1.08. The summed E-state index contributed by atoms with van der Waals surface area (Å²) in [5.41, 5.74) is -10.7. The summed E-state index contributed by atoms with van der Waals surface area (Å²) in [6.45, 7) is 22.7. The number of ether oxygens (including phenoxy) is 8. The van der Waals surface area contributed by atoms with Crippen molar-refractivity contribution in [3.8, 4) is 0 Å². The van der Waals surface area contributed by atoms with Crippen LogP contribution in [0.4, 0.5) is 4.39 Å². The molecule has 0 aromatic rings. The molecule has 6 N–H and O–H groups in total. The molecule has 0 bridgehead atoms. The van der Waals surface area contributed by atoms with Crippen LogP contribution >= 0.6 is 0 Å². The van der Waals surface area contributed by atoms with Gasteiger partial charge in [0, 0.05) is 55.2 Å². The molecule has 486 valence electrons.